The zero-order valence-electron chi connectivity index (χ0n) is 10.3. The lowest BCUT2D eigenvalue weighted by Crippen LogP contribution is -2.44. The Kier molecular flexibility index (Phi) is 3.46. The normalized spacial score (nSPS) is 28.6. The highest BCUT2D eigenvalue weighted by Gasteiger charge is 2.35. The fraction of sp³-hybridized carbons (Fsp3) is 0.571. The zero-order chi connectivity index (χ0) is 12.5. The van der Waals surface area contributed by atoms with E-state index in [0.717, 1.165) is 24.4 Å². The second kappa shape index (κ2) is 5.08. The van der Waals surface area contributed by atoms with Crippen LogP contribution in [0.15, 0.2) is 18.2 Å². The largest absolute Gasteiger partial charge is 0.489 e. The summed E-state index contributed by atoms with van der Waals surface area (Å²) in [6.45, 7) is 2.43. The Balaban J connectivity index is 1.96. The summed E-state index contributed by atoms with van der Waals surface area (Å²) in [6, 6.07) is 5.82. The first kappa shape index (κ1) is 12.3. The Morgan fingerprint density at radius 1 is 1.22 bits per heavy atom. The van der Waals surface area contributed by atoms with Gasteiger partial charge >= 0.3 is 0 Å². The lowest BCUT2D eigenvalue weighted by Gasteiger charge is -2.40. The summed E-state index contributed by atoms with van der Waals surface area (Å²) in [6.07, 6.45) is 3.24. The molecule has 1 N–H and O–H groups in total. The summed E-state index contributed by atoms with van der Waals surface area (Å²) in [7, 11) is 0. The van der Waals surface area contributed by atoms with E-state index in [1.165, 1.54) is 19.3 Å². The van der Waals surface area contributed by atoms with Crippen LogP contribution < -0.4 is 4.74 Å². The molecular weight excluding hydrogens is 250 g/mol. The van der Waals surface area contributed by atoms with Gasteiger partial charge in [-0.1, -0.05) is 30.2 Å². The number of rotatable bonds is 1. The molecule has 0 aliphatic carbocycles. The third-order valence-electron chi connectivity index (χ3n) is 3.86. The Bertz CT molecular complexity index is 432. The van der Waals surface area contributed by atoms with Gasteiger partial charge in [-0.3, -0.25) is 4.90 Å². The number of aliphatic hydroxyl groups is 1. The number of hydrogen-bond acceptors (Lipinski definition) is 3. The molecule has 2 aliphatic rings. The molecule has 4 heteroatoms. The van der Waals surface area contributed by atoms with E-state index in [9.17, 15) is 5.11 Å². The molecule has 18 heavy (non-hydrogen) atoms. The molecule has 0 saturated carbocycles. The second-order valence-electron chi connectivity index (χ2n) is 5.08. The van der Waals surface area contributed by atoms with Crippen molar-refractivity contribution in [1.82, 2.24) is 4.90 Å². The number of benzene rings is 1. The van der Waals surface area contributed by atoms with Crippen molar-refractivity contribution >= 4 is 11.6 Å². The average Bonchev–Trinajstić information content (AvgIpc) is 2.40. The molecule has 3 rings (SSSR count). The van der Waals surface area contributed by atoms with Crippen molar-refractivity contribution in [3.63, 3.8) is 0 Å². The Hall–Kier alpha value is -0.770. The molecule has 1 aromatic carbocycles. The smallest absolute Gasteiger partial charge is 0.142 e. The van der Waals surface area contributed by atoms with Gasteiger partial charge in [0.2, 0.25) is 0 Å². The molecule has 0 spiro atoms. The van der Waals surface area contributed by atoms with Gasteiger partial charge in [0.1, 0.15) is 18.5 Å². The van der Waals surface area contributed by atoms with Gasteiger partial charge in [-0.25, -0.2) is 0 Å². The molecule has 2 heterocycles. The topological polar surface area (TPSA) is 32.7 Å². The number of likely N-dealkylation sites (tertiary alicyclic amines) is 1. The summed E-state index contributed by atoms with van der Waals surface area (Å²) in [5, 5.41) is 10.9. The van der Waals surface area contributed by atoms with Crippen LogP contribution in [0, 0.1) is 0 Å². The van der Waals surface area contributed by atoms with E-state index < -0.39 is 6.10 Å². The first-order chi connectivity index (χ1) is 8.77. The van der Waals surface area contributed by atoms with Crippen molar-refractivity contribution in [2.24, 2.45) is 0 Å². The molecule has 0 aromatic heterocycles. The molecule has 0 radical (unpaired) electrons. The predicted molar refractivity (Wildman–Crippen MR) is 71.1 cm³/mol. The lowest BCUT2D eigenvalue weighted by molar-refractivity contribution is -0.00669. The number of aliphatic hydroxyl groups excluding tert-OH is 1. The van der Waals surface area contributed by atoms with Crippen molar-refractivity contribution in [3.05, 3.63) is 28.8 Å². The van der Waals surface area contributed by atoms with Crippen LogP contribution in [-0.4, -0.2) is 35.8 Å². The minimum Gasteiger partial charge on any atom is -0.489 e. The van der Waals surface area contributed by atoms with Gasteiger partial charge in [0, 0.05) is 5.56 Å². The molecule has 1 aromatic rings. The number of hydrogen-bond donors (Lipinski definition) is 1. The number of nitrogens with zero attached hydrogens (tertiary/aromatic N) is 1. The van der Waals surface area contributed by atoms with E-state index in [1.807, 2.05) is 18.2 Å². The highest BCUT2D eigenvalue weighted by molar-refractivity contribution is 6.32. The molecular formula is C14H18ClNO2. The number of para-hydroxylation sites is 1. The predicted octanol–water partition coefficient (Wildman–Crippen LogP) is 2.62. The lowest BCUT2D eigenvalue weighted by atomic mass is 9.94. The highest BCUT2D eigenvalue weighted by atomic mass is 35.5. The summed E-state index contributed by atoms with van der Waals surface area (Å²) in [4.78, 5) is 2.37. The summed E-state index contributed by atoms with van der Waals surface area (Å²) in [5.41, 5.74) is 1.03. The molecule has 0 amide bonds. The number of halogens is 1. The maximum atomic E-state index is 10.2. The van der Waals surface area contributed by atoms with Crippen LogP contribution >= 0.6 is 11.6 Å². The first-order valence-corrected chi connectivity index (χ1v) is 6.98. The van der Waals surface area contributed by atoms with Gasteiger partial charge < -0.3 is 9.84 Å². The van der Waals surface area contributed by atoms with Gasteiger partial charge in [0.05, 0.1) is 11.1 Å². The van der Waals surface area contributed by atoms with Crippen molar-refractivity contribution in [2.75, 3.05) is 19.7 Å². The summed E-state index contributed by atoms with van der Waals surface area (Å²) in [5.74, 6) is 0.750. The van der Waals surface area contributed by atoms with Crippen LogP contribution in [0.5, 0.6) is 5.75 Å². The fourth-order valence-electron chi connectivity index (χ4n) is 3.01. The molecule has 2 aliphatic heterocycles. The third kappa shape index (κ3) is 2.11. The minimum absolute atomic E-state index is 0.0350. The summed E-state index contributed by atoms with van der Waals surface area (Å²) < 4.78 is 5.58. The van der Waals surface area contributed by atoms with Gasteiger partial charge in [0.25, 0.3) is 0 Å². The molecule has 1 fully saturated rings. The highest BCUT2D eigenvalue weighted by Crippen LogP contribution is 2.41. The van der Waals surface area contributed by atoms with Gasteiger partial charge in [0.15, 0.2) is 0 Å². The second-order valence-corrected chi connectivity index (χ2v) is 5.49. The Labute approximate surface area is 112 Å². The third-order valence-corrected chi connectivity index (χ3v) is 4.16. The van der Waals surface area contributed by atoms with Crippen LogP contribution in [0.3, 0.4) is 0 Å². The van der Waals surface area contributed by atoms with E-state index in [1.54, 1.807) is 0 Å². The van der Waals surface area contributed by atoms with Crippen molar-refractivity contribution in [2.45, 2.75) is 31.4 Å². The zero-order valence-corrected chi connectivity index (χ0v) is 11.1. The van der Waals surface area contributed by atoms with E-state index in [0.29, 0.717) is 11.6 Å². The van der Waals surface area contributed by atoms with Crippen molar-refractivity contribution in [1.29, 1.82) is 0 Å². The number of fused-ring (bicyclic) bond motifs is 1. The van der Waals surface area contributed by atoms with Crippen LogP contribution in [0.2, 0.25) is 5.02 Å². The van der Waals surface area contributed by atoms with Crippen molar-refractivity contribution in [3.8, 4) is 5.75 Å². The van der Waals surface area contributed by atoms with E-state index >= 15 is 0 Å². The first-order valence-electron chi connectivity index (χ1n) is 6.60. The standard InChI is InChI=1S/C14H18ClNO2/c15-11-6-4-5-10-13(12(17)9-18-14(10)11)16-7-2-1-3-8-16/h4-6,12-13,17H,1-3,7-9H2. The molecule has 2 unspecified atom stereocenters. The maximum Gasteiger partial charge on any atom is 0.142 e. The van der Waals surface area contributed by atoms with Gasteiger partial charge in [-0.15, -0.1) is 0 Å². The number of ether oxygens (including phenoxy) is 1. The molecule has 1 saturated heterocycles. The SMILES string of the molecule is OC1COc2c(Cl)cccc2C1N1CCCCC1. The van der Waals surface area contributed by atoms with E-state index in [4.69, 9.17) is 16.3 Å². The van der Waals surface area contributed by atoms with E-state index in [2.05, 4.69) is 4.90 Å². The summed E-state index contributed by atoms with van der Waals surface area (Å²) >= 11 is 6.17. The molecule has 98 valence electrons. The maximum absolute atomic E-state index is 10.2. The van der Waals surface area contributed by atoms with Gasteiger partial charge in [-0.05, 0) is 32.0 Å². The molecule has 3 nitrogen and oxygen atoms in total. The average molecular weight is 268 g/mol. The number of piperidine rings is 1. The van der Waals surface area contributed by atoms with Gasteiger partial charge in [-0.2, -0.15) is 0 Å². The molecule has 0 bridgehead atoms. The quantitative estimate of drug-likeness (QED) is 0.849. The van der Waals surface area contributed by atoms with Crippen molar-refractivity contribution < 1.29 is 9.84 Å². The van der Waals surface area contributed by atoms with Crippen LogP contribution in [0.25, 0.3) is 0 Å². The Morgan fingerprint density at radius 2 is 2.00 bits per heavy atom. The van der Waals surface area contributed by atoms with Crippen LogP contribution in [-0.2, 0) is 0 Å². The fourth-order valence-corrected chi connectivity index (χ4v) is 3.25. The van der Waals surface area contributed by atoms with Crippen LogP contribution in [0.1, 0.15) is 30.9 Å². The monoisotopic (exact) mass is 267 g/mol. The molecule has 2 atom stereocenters. The van der Waals surface area contributed by atoms with E-state index in [-0.39, 0.29) is 6.04 Å². The van der Waals surface area contributed by atoms with Crippen LogP contribution in [0.4, 0.5) is 0 Å². The Morgan fingerprint density at radius 3 is 2.78 bits per heavy atom. The minimum atomic E-state index is -0.464.